The van der Waals surface area contributed by atoms with Crippen LogP contribution < -0.4 is 10.1 Å². The minimum absolute atomic E-state index is 0.0442. The fourth-order valence-electron chi connectivity index (χ4n) is 2.98. The molecule has 2 atom stereocenters. The molecule has 174 valence electrons. The van der Waals surface area contributed by atoms with Crippen LogP contribution in [-0.2, 0) is 21.9 Å². The van der Waals surface area contributed by atoms with E-state index in [-0.39, 0.29) is 23.6 Å². The van der Waals surface area contributed by atoms with Crippen molar-refractivity contribution in [3.8, 4) is 5.75 Å². The molecule has 0 radical (unpaired) electrons. The summed E-state index contributed by atoms with van der Waals surface area (Å²) < 4.78 is 5.30. The number of methoxy groups -OCH3 is 1. The number of ether oxygens (including phenoxy) is 1. The predicted octanol–water partition coefficient (Wildman–Crippen LogP) is 5.57. The molecule has 0 spiro atoms. The third-order valence-corrected chi connectivity index (χ3v) is 6.86. The number of rotatable bonds is 11. The molecule has 32 heavy (non-hydrogen) atoms. The minimum Gasteiger partial charge on any atom is -0.497 e. The third kappa shape index (κ3) is 7.91. The molecule has 2 aromatic carbocycles. The van der Waals surface area contributed by atoms with Gasteiger partial charge in [-0.1, -0.05) is 48.3 Å². The Balaban J connectivity index is 2.11. The summed E-state index contributed by atoms with van der Waals surface area (Å²) in [6.07, 6.45) is 0.821. The number of hydrogen-bond acceptors (Lipinski definition) is 4. The molecule has 2 aromatic rings. The van der Waals surface area contributed by atoms with Crippen LogP contribution in [0.15, 0.2) is 42.5 Å². The van der Waals surface area contributed by atoms with Crippen LogP contribution in [0, 0.1) is 0 Å². The van der Waals surface area contributed by atoms with Crippen molar-refractivity contribution in [1.82, 2.24) is 10.2 Å². The summed E-state index contributed by atoms with van der Waals surface area (Å²) in [7, 11) is 1.60. The lowest BCUT2D eigenvalue weighted by Crippen LogP contribution is -2.50. The van der Waals surface area contributed by atoms with Crippen molar-refractivity contribution in [2.75, 3.05) is 12.9 Å². The van der Waals surface area contributed by atoms with Gasteiger partial charge in [0, 0.05) is 18.3 Å². The average molecular weight is 497 g/mol. The summed E-state index contributed by atoms with van der Waals surface area (Å²) >= 11 is 13.5. The van der Waals surface area contributed by atoms with Gasteiger partial charge in [0.1, 0.15) is 11.8 Å². The third-order valence-electron chi connectivity index (χ3n) is 5.13. The number of nitrogens with one attached hydrogen (secondary N) is 1. The largest absolute Gasteiger partial charge is 0.497 e. The van der Waals surface area contributed by atoms with E-state index in [1.807, 2.05) is 44.2 Å². The second kappa shape index (κ2) is 13.0. The first-order valence-electron chi connectivity index (χ1n) is 10.5. The molecule has 1 N–H and O–H groups in total. The number of hydrogen-bond donors (Lipinski definition) is 1. The summed E-state index contributed by atoms with van der Waals surface area (Å²) in [5, 5.41) is 3.97. The summed E-state index contributed by atoms with van der Waals surface area (Å²) in [6, 6.07) is 12.4. The summed E-state index contributed by atoms with van der Waals surface area (Å²) in [5.41, 5.74) is 1.88. The van der Waals surface area contributed by atoms with Gasteiger partial charge in [-0.15, -0.1) is 11.8 Å². The number of thioether (sulfide) groups is 1. The van der Waals surface area contributed by atoms with Gasteiger partial charge in [0.15, 0.2) is 0 Å². The quantitative estimate of drug-likeness (QED) is 0.441. The first-order valence-corrected chi connectivity index (χ1v) is 12.4. The molecular formula is C24H30Cl2N2O3S. The zero-order valence-electron chi connectivity index (χ0n) is 18.9. The highest BCUT2D eigenvalue weighted by molar-refractivity contribution is 7.99. The molecule has 0 aliphatic rings. The normalized spacial score (nSPS) is 12.7. The molecule has 0 saturated carbocycles. The Kier molecular flexibility index (Phi) is 10.7. The van der Waals surface area contributed by atoms with E-state index in [2.05, 4.69) is 5.32 Å². The topological polar surface area (TPSA) is 58.6 Å². The number of benzene rings is 2. The second-order valence-corrected chi connectivity index (χ2v) is 9.41. The van der Waals surface area contributed by atoms with E-state index in [0.29, 0.717) is 28.1 Å². The highest BCUT2D eigenvalue weighted by atomic mass is 35.5. The Bertz CT molecular complexity index is 926. The fraction of sp³-hybridized carbons (Fsp3) is 0.417. The maximum atomic E-state index is 13.2. The van der Waals surface area contributed by atoms with E-state index in [1.54, 1.807) is 31.1 Å². The highest BCUT2D eigenvalue weighted by Crippen LogP contribution is 2.25. The second-order valence-electron chi connectivity index (χ2n) is 7.61. The molecule has 0 saturated heterocycles. The standard InChI is InChI=1S/C24H30Cl2N2O3S/c1-5-16(2)27-24(30)17(3)28(13-18-7-6-8-20(11-18)31-4)23(29)15-32-14-19-9-10-21(25)22(26)12-19/h6-12,16-17H,5,13-15H2,1-4H3,(H,27,30)/t16-,17-/m0/s1. The van der Waals surface area contributed by atoms with Crippen LogP contribution >= 0.6 is 35.0 Å². The van der Waals surface area contributed by atoms with E-state index in [9.17, 15) is 9.59 Å². The van der Waals surface area contributed by atoms with Crippen molar-refractivity contribution < 1.29 is 14.3 Å². The molecule has 5 nitrogen and oxygen atoms in total. The Morgan fingerprint density at radius 2 is 1.84 bits per heavy atom. The van der Waals surface area contributed by atoms with E-state index < -0.39 is 6.04 Å². The predicted molar refractivity (Wildman–Crippen MR) is 134 cm³/mol. The van der Waals surface area contributed by atoms with Gasteiger partial charge >= 0.3 is 0 Å². The number of nitrogens with zero attached hydrogens (tertiary/aromatic N) is 1. The monoisotopic (exact) mass is 496 g/mol. The first kappa shape index (κ1) is 26.4. The van der Waals surface area contributed by atoms with Gasteiger partial charge in [-0.05, 0) is 55.7 Å². The maximum absolute atomic E-state index is 13.2. The van der Waals surface area contributed by atoms with Gasteiger partial charge in [0.25, 0.3) is 0 Å². The van der Waals surface area contributed by atoms with E-state index in [1.165, 1.54) is 11.8 Å². The van der Waals surface area contributed by atoms with Crippen LogP contribution in [0.3, 0.4) is 0 Å². The molecule has 0 bridgehead atoms. The van der Waals surface area contributed by atoms with Crippen molar-refractivity contribution in [1.29, 1.82) is 0 Å². The van der Waals surface area contributed by atoms with Crippen molar-refractivity contribution in [2.45, 2.75) is 51.6 Å². The number of halogens is 2. The van der Waals surface area contributed by atoms with Gasteiger partial charge in [-0.2, -0.15) is 0 Å². The van der Waals surface area contributed by atoms with Crippen LogP contribution in [0.25, 0.3) is 0 Å². The molecule has 0 aromatic heterocycles. The number of amides is 2. The lowest BCUT2D eigenvalue weighted by atomic mass is 10.1. The van der Waals surface area contributed by atoms with Crippen molar-refractivity contribution in [3.05, 3.63) is 63.6 Å². The average Bonchev–Trinajstić information content (AvgIpc) is 2.79. The van der Waals surface area contributed by atoms with E-state index in [0.717, 1.165) is 17.5 Å². The molecule has 2 amide bonds. The van der Waals surface area contributed by atoms with Crippen LogP contribution in [-0.4, -0.2) is 41.7 Å². The zero-order valence-corrected chi connectivity index (χ0v) is 21.2. The Labute approximate surface area is 204 Å². The summed E-state index contributed by atoms with van der Waals surface area (Å²) in [4.78, 5) is 27.6. The number of carbonyl (C=O) groups is 2. The van der Waals surface area contributed by atoms with Gasteiger partial charge in [-0.3, -0.25) is 9.59 Å². The van der Waals surface area contributed by atoms with Crippen LogP contribution in [0.2, 0.25) is 10.0 Å². The molecule has 2 rings (SSSR count). The van der Waals surface area contributed by atoms with E-state index >= 15 is 0 Å². The molecule has 0 heterocycles. The van der Waals surface area contributed by atoms with Crippen LogP contribution in [0.1, 0.15) is 38.3 Å². The Morgan fingerprint density at radius 3 is 2.50 bits per heavy atom. The first-order chi connectivity index (χ1) is 15.2. The highest BCUT2D eigenvalue weighted by Gasteiger charge is 2.26. The maximum Gasteiger partial charge on any atom is 0.242 e. The van der Waals surface area contributed by atoms with Crippen molar-refractivity contribution in [2.24, 2.45) is 0 Å². The van der Waals surface area contributed by atoms with Crippen molar-refractivity contribution >= 4 is 46.8 Å². The van der Waals surface area contributed by atoms with Crippen molar-refractivity contribution in [3.63, 3.8) is 0 Å². The zero-order chi connectivity index (χ0) is 23.7. The Morgan fingerprint density at radius 1 is 1.09 bits per heavy atom. The number of carbonyl (C=O) groups excluding carboxylic acids is 2. The fourth-order valence-corrected chi connectivity index (χ4v) is 4.16. The molecule has 0 fully saturated rings. The van der Waals surface area contributed by atoms with Gasteiger partial charge in [0.2, 0.25) is 11.8 Å². The SMILES string of the molecule is CC[C@H](C)NC(=O)[C@H](C)N(Cc1cccc(OC)c1)C(=O)CSCc1ccc(Cl)c(Cl)c1. The van der Waals surface area contributed by atoms with Gasteiger partial charge in [0.05, 0.1) is 22.9 Å². The minimum atomic E-state index is -0.603. The molecule has 8 heteroatoms. The lowest BCUT2D eigenvalue weighted by molar-refractivity contribution is -0.138. The Hall–Kier alpha value is -1.89. The molecular weight excluding hydrogens is 467 g/mol. The smallest absolute Gasteiger partial charge is 0.242 e. The molecule has 0 unspecified atom stereocenters. The van der Waals surface area contributed by atoms with Crippen LogP contribution in [0.4, 0.5) is 0 Å². The lowest BCUT2D eigenvalue weighted by Gasteiger charge is -2.29. The van der Waals surface area contributed by atoms with E-state index in [4.69, 9.17) is 27.9 Å². The van der Waals surface area contributed by atoms with Gasteiger partial charge < -0.3 is 15.0 Å². The van der Waals surface area contributed by atoms with Crippen LogP contribution in [0.5, 0.6) is 5.75 Å². The molecule has 0 aliphatic heterocycles. The molecule has 0 aliphatic carbocycles. The van der Waals surface area contributed by atoms with Gasteiger partial charge in [-0.25, -0.2) is 0 Å². The summed E-state index contributed by atoms with van der Waals surface area (Å²) in [6.45, 7) is 6.04. The summed E-state index contributed by atoms with van der Waals surface area (Å²) in [5.74, 6) is 1.30.